The molecule has 2 heterocycles. The van der Waals surface area contributed by atoms with E-state index in [4.69, 9.17) is 5.73 Å². The van der Waals surface area contributed by atoms with Crippen LogP contribution in [0.3, 0.4) is 0 Å². The predicted molar refractivity (Wildman–Crippen MR) is 127 cm³/mol. The third kappa shape index (κ3) is 5.76. The summed E-state index contributed by atoms with van der Waals surface area (Å²) < 4.78 is 2.27. The summed E-state index contributed by atoms with van der Waals surface area (Å²) in [7, 11) is 0. The number of aryl methyl sites for hydroxylation is 1. The van der Waals surface area contributed by atoms with Crippen LogP contribution in [0.25, 0.3) is 0 Å². The zero-order valence-electron chi connectivity index (χ0n) is 17.8. The number of rotatable bonds is 7. The second kappa shape index (κ2) is 9.99. The van der Waals surface area contributed by atoms with Crippen molar-refractivity contribution in [3.8, 4) is 0 Å². The Hall–Kier alpha value is -3.14. The van der Waals surface area contributed by atoms with Gasteiger partial charge in [-0.15, -0.1) is 0 Å². The number of piperidine rings is 1. The first-order valence-electron chi connectivity index (χ1n) is 10.4. The number of primary amides is 1. The van der Waals surface area contributed by atoms with Gasteiger partial charge in [-0.3, -0.25) is 4.79 Å². The molecule has 5 N–H and O–H groups in total. The summed E-state index contributed by atoms with van der Waals surface area (Å²) in [4.78, 5) is 21.7. The normalized spacial score (nSPS) is 14.8. The molecule has 9 heteroatoms. The number of carbonyl (C=O) groups excluding carboxylic acids is 1. The van der Waals surface area contributed by atoms with E-state index in [1.54, 1.807) is 11.9 Å². The molecule has 4 rings (SSSR count). The number of benzene rings is 2. The van der Waals surface area contributed by atoms with Crippen LogP contribution in [0.1, 0.15) is 28.8 Å². The van der Waals surface area contributed by atoms with Gasteiger partial charge in [0.05, 0.1) is 6.10 Å². The summed E-state index contributed by atoms with van der Waals surface area (Å²) in [6.45, 7) is 3.74. The van der Waals surface area contributed by atoms with Crippen molar-refractivity contribution in [1.82, 2.24) is 14.3 Å². The minimum absolute atomic E-state index is 0.176. The molecule has 1 saturated heterocycles. The van der Waals surface area contributed by atoms with Crippen LogP contribution in [-0.4, -0.2) is 44.5 Å². The van der Waals surface area contributed by atoms with E-state index in [0.29, 0.717) is 11.8 Å². The van der Waals surface area contributed by atoms with Crippen LogP contribution in [0.5, 0.6) is 0 Å². The molecule has 0 aliphatic carbocycles. The van der Waals surface area contributed by atoms with Crippen LogP contribution in [-0.2, 0) is 0 Å². The molecule has 0 bridgehead atoms. The molecule has 1 amide bonds. The SMILES string of the molecule is Cc1cccc(Nc2nc(Nc3ccc(SN4CCC(O)CC4)cc3)ncc2C(N)=O)c1. The number of nitrogens with two attached hydrogens (primary N) is 1. The van der Waals surface area contributed by atoms with Gasteiger partial charge in [0.2, 0.25) is 5.95 Å². The number of aliphatic hydroxyl groups is 1. The zero-order chi connectivity index (χ0) is 22.5. The Balaban J connectivity index is 1.46. The number of aromatic nitrogens is 2. The lowest BCUT2D eigenvalue weighted by Crippen LogP contribution is -2.30. The van der Waals surface area contributed by atoms with Gasteiger partial charge in [-0.05, 0) is 73.7 Å². The van der Waals surface area contributed by atoms with Gasteiger partial charge in [-0.2, -0.15) is 4.98 Å². The molecule has 3 aromatic rings. The highest BCUT2D eigenvalue weighted by atomic mass is 32.2. The fourth-order valence-corrected chi connectivity index (χ4v) is 4.34. The number of anilines is 4. The molecule has 166 valence electrons. The molecule has 1 fully saturated rings. The molecule has 8 nitrogen and oxygen atoms in total. The average molecular weight is 451 g/mol. The number of nitrogens with zero attached hydrogens (tertiary/aromatic N) is 3. The van der Waals surface area contributed by atoms with Gasteiger partial charge in [0, 0.05) is 35.6 Å². The molecule has 0 radical (unpaired) electrons. The third-order valence-electron chi connectivity index (χ3n) is 5.10. The maximum absolute atomic E-state index is 11.8. The maximum atomic E-state index is 11.8. The first-order chi connectivity index (χ1) is 15.5. The second-order valence-corrected chi connectivity index (χ2v) is 8.89. The molecule has 0 atom stereocenters. The lowest BCUT2D eigenvalue weighted by Gasteiger charge is -2.28. The summed E-state index contributed by atoms with van der Waals surface area (Å²) in [5.41, 5.74) is 8.44. The van der Waals surface area contributed by atoms with E-state index in [1.165, 1.54) is 6.20 Å². The first kappa shape index (κ1) is 22.1. The van der Waals surface area contributed by atoms with Crippen LogP contribution in [0, 0.1) is 6.92 Å². The number of hydrogen-bond acceptors (Lipinski definition) is 8. The van der Waals surface area contributed by atoms with E-state index >= 15 is 0 Å². The quantitative estimate of drug-likeness (QED) is 0.401. The highest BCUT2D eigenvalue weighted by molar-refractivity contribution is 7.97. The van der Waals surface area contributed by atoms with Crippen LogP contribution in [0.2, 0.25) is 0 Å². The van der Waals surface area contributed by atoms with E-state index < -0.39 is 5.91 Å². The molecule has 32 heavy (non-hydrogen) atoms. The Morgan fingerprint density at radius 2 is 1.88 bits per heavy atom. The number of hydrogen-bond donors (Lipinski definition) is 4. The van der Waals surface area contributed by atoms with Crippen molar-refractivity contribution in [2.24, 2.45) is 5.73 Å². The van der Waals surface area contributed by atoms with Crippen LogP contribution < -0.4 is 16.4 Å². The highest BCUT2D eigenvalue weighted by Gasteiger charge is 2.18. The van der Waals surface area contributed by atoms with Crippen molar-refractivity contribution in [3.05, 3.63) is 65.9 Å². The topological polar surface area (TPSA) is 116 Å². The van der Waals surface area contributed by atoms with E-state index in [2.05, 4.69) is 24.9 Å². The zero-order valence-corrected chi connectivity index (χ0v) is 18.6. The average Bonchev–Trinajstić information content (AvgIpc) is 2.77. The fourth-order valence-electron chi connectivity index (χ4n) is 3.39. The Morgan fingerprint density at radius 1 is 1.12 bits per heavy atom. The fraction of sp³-hybridized carbons (Fsp3) is 0.261. The van der Waals surface area contributed by atoms with Crippen molar-refractivity contribution in [2.75, 3.05) is 23.7 Å². The Kier molecular flexibility index (Phi) is 6.89. The van der Waals surface area contributed by atoms with Gasteiger partial charge in [-0.1, -0.05) is 12.1 Å². The summed E-state index contributed by atoms with van der Waals surface area (Å²) in [5.74, 6) is 0.106. The van der Waals surface area contributed by atoms with Crippen molar-refractivity contribution in [1.29, 1.82) is 0 Å². The smallest absolute Gasteiger partial charge is 0.254 e. The molecular formula is C23H26N6O2S. The van der Waals surface area contributed by atoms with E-state index in [-0.39, 0.29) is 11.7 Å². The highest BCUT2D eigenvalue weighted by Crippen LogP contribution is 2.28. The Labute approximate surface area is 191 Å². The Morgan fingerprint density at radius 3 is 2.56 bits per heavy atom. The van der Waals surface area contributed by atoms with E-state index in [1.807, 2.05) is 55.5 Å². The molecule has 0 spiro atoms. The largest absolute Gasteiger partial charge is 0.393 e. The molecule has 1 aliphatic heterocycles. The lowest BCUT2D eigenvalue weighted by atomic mass is 10.1. The number of aliphatic hydroxyl groups excluding tert-OH is 1. The summed E-state index contributed by atoms with van der Waals surface area (Å²) in [6.07, 6.45) is 2.86. The summed E-state index contributed by atoms with van der Waals surface area (Å²) in [6, 6.07) is 15.7. The number of amides is 1. The van der Waals surface area contributed by atoms with Gasteiger partial charge >= 0.3 is 0 Å². The summed E-state index contributed by atoms with van der Waals surface area (Å²) in [5, 5.41) is 16.0. The van der Waals surface area contributed by atoms with Gasteiger partial charge in [0.25, 0.3) is 5.91 Å². The van der Waals surface area contributed by atoms with Gasteiger partial charge in [-0.25, -0.2) is 9.29 Å². The Bertz CT molecular complexity index is 1080. The van der Waals surface area contributed by atoms with Crippen LogP contribution in [0.4, 0.5) is 23.1 Å². The van der Waals surface area contributed by atoms with Crippen molar-refractivity contribution >= 4 is 41.0 Å². The molecule has 0 unspecified atom stereocenters. The number of carbonyl (C=O) groups is 1. The van der Waals surface area contributed by atoms with Gasteiger partial charge in [0.15, 0.2) is 0 Å². The van der Waals surface area contributed by atoms with E-state index in [0.717, 1.165) is 47.8 Å². The van der Waals surface area contributed by atoms with Crippen molar-refractivity contribution < 1.29 is 9.90 Å². The van der Waals surface area contributed by atoms with Crippen molar-refractivity contribution in [3.63, 3.8) is 0 Å². The van der Waals surface area contributed by atoms with Crippen LogP contribution >= 0.6 is 11.9 Å². The standard InChI is InChI=1S/C23H26N6O2S/c1-15-3-2-4-17(13-15)26-22-20(21(24)31)14-25-23(28-22)27-16-5-7-19(8-6-16)32-29-11-9-18(30)10-12-29/h2-8,13-14,18,30H,9-12H2,1H3,(H2,24,31)(H2,25,26,27,28). The van der Waals surface area contributed by atoms with Crippen molar-refractivity contribution in [2.45, 2.75) is 30.8 Å². The lowest BCUT2D eigenvalue weighted by molar-refractivity contribution is 0.100. The maximum Gasteiger partial charge on any atom is 0.254 e. The first-order valence-corrected chi connectivity index (χ1v) is 11.2. The van der Waals surface area contributed by atoms with E-state index in [9.17, 15) is 9.90 Å². The van der Waals surface area contributed by atoms with Gasteiger partial charge in [0.1, 0.15) is 11.4 Å². The molecule has 0 saturated carbocycles. The molecule has 2 aromatic carbocycles. The third-order valence-corrected chi connectivity index (χ3v) is 6.21. The van der Waals surface area contributed by atoms with Gasteiger partial charge < -0.3 is 21.5 Å². The second-order valence-electron chi connectivity index (χ2n) is 7.72. The molecular weight excluding hydrogens is 424 g/mol. The monoisotopic (exact) mass is 450 g/mol. The summed E-state index contributed by atoms with van der Waals surface area (Å²) >= 11 is 1.69. The molecule has 1 aliphatic rings. The minimum Gasteiger partial charge on any atom is -0.393 e. The number of nitrogens with one attached hydrogen (secondary N) is 2. The minimum atomic E-state index is -0.599. The van der Waals surface area contributed by atoms with Crippen LogP contribution in [0.15, 0.2) is 59.6 Å². The molecule has 1 aromatic heterocycles. The predicted octanol–water partition coefficient (Wildman–Crippen LogP) is 3.83.